The number of piperidine rings is 1. The van der Waals surface area contributed by atoms with Crippen LogP contribution in [-0.4, -0.2) is 58.0 Å². The van der Waals surface area contributed by atoms with Gasteiger partial charge in [0.05, 0.1) is 35.3 Å². The molecule has 3 N–H and O–H groups in total. The molecule has 2 aliphatic heterocycles. The average molecular weight is 460 g/mol. The molecular weight excluding hydrogens is 430 g/mol. The molecule has 1 saturated heterocycles. The Bertz CT molecular complexity index is 1260. The van der Waals surface area contributed by atoms with E-state index in [1.54, 1.807) is 24.0 Å². The van der Waals surface area contributed by atoms with Crippen molar-refractivity contribution in [3.8, 4) is 0 Å². The first kappa shape index (κ1) is 22.0. The van der Waals surface area contributed by atoms with E-state index in [1.165, 1.54) is 24.9 Å². The van der Waals surface area contributed by atoms with Crippen LogP contribution in [0.4, 0.5) is 5.69 Å². The highest BCUT2D eigenvalue weighted by Gasteiger charge is 2.30. The van der Waals surface area contributed by atoms with Gasteiger partial charge in [0.2, 0.25) is 0 Å². The van der Waals surface area contributed by atoms with Gasteiger partial charge >= 0.3 is 5.97 Å². The maximum Gasteiger partial charge on any atom is 0.338 e. The number of esters is 1. The zero-order chi connectivity index (χ0) is 23.7. The van der Waals surface area contributed by atoms with Crippen LogP contribution in [0.3, 0.4) is 0 Å². The van der Waals surface area contributed by atoms with E-state index in [4.69, 9.17) is 10.1 Å². The summed E-state index contributed by atoms with van der Waals surface area (Å²) in [5.74, 6) is 0.511. The van der Waals surface area contributed by atoms with Gasteiger partial charge in [0.15, 0.2) is 0 Å². The van der Waals surface area contributed by atoms with Crippen molar-refractivity contribution in [2.24, 2.45) is 0 Å². The Morgan fingerprint density at radius 1 is 1.15 bits per heavy atom. The molecule has 8 nitrogen and oxygen atoms in total. The maximum absolute atomic E-state index is 11.9. The average Bonchev–Trinajstić information content (AvgIpc) is 3.39. The molecule has 1 aromatic heterocycles. The standard InChI is InChI=1S/C26H29N5O3/c1-2-34-26(33)18-8-6-17(7-9-18)15-31-16-22(32)23(24(31)27)25-28-20-11-10-19(14-21(20)29-25)30-12-4-3-5-13-30/h6-11,14,27,32H,2-5,12-13,15-16H2,1H3,(H,28,29). The topological polar surface area (TPSA) is 106 Å². The number of rotatable bonds is 6. The van der Waals surface area contributed by atoms with E-state index in [2.05, 4.69) is 27.0 Å². The van der Waals surface area contributed by atoms with Gasteiger partial charge < -0.3 is 24.6 Å². The summed E-state index contributed by atoms with van der Waals surface area (Å²) in [6, 6.07) is 13.3. The van der Waals surface area contributed by atoms with Crippen LogP contribution in [0.25, 0.3) is 16.6 Å². The van der Waals surface area contributed by atoms with Crippen molar-refractivity contribution in [2.45, 2.75) is 32.7 Å². The van der Waals surface area contributed by atoms with Crippen LogP contribution < -0.4 is 4.90 Å². The number of aromatic amines is 1. The first-order valence-electron chi connectivity index (χ1n) is 11.8. The summed E-state index contributed by atoms with van der Waals surface area (Å²) in [6.45, 7) is 4.93. The van der Waals surface area contributed by atoms with Crippen LogP contribution in [-0.2, 0) is 11.3 Å². The lowest BCUT2D eigenvalue weighted by atomic mass is 10.1. The third-order valence-electron chi connectivity index (χ3n) is 6.44. The summed E-state index contributed by atoms with van der Waals surface area (Å²) >= 11 is 0. The molecule has 0 spiro atoms. The lowest BCUT2D eigenvalue weighted by Crippen LogP contribution is -2.29. The Kier molecular flexibility index (Phi) is 5.96. The Balaban J connectivity index is 1.32. The minimum Gasteiger partial charge on any atom is -0.510 e. The molecule has 34 heavy (non-hydrogen) atoms. The highest BCUT2D eigenvalue weighted by atomic mass is 16.5. The van der Waals surface area contributed by atoms with Gasteiger partial charge in [-0.3, -0.25) is 5.41 Å². The first-order chi connectivity index (χ1) is 16.5. The fourth-order valence-electron chi connectivity index (χ4n) is 4.66. The first-order valence-corrected chi connectivity index (χ1v) is 11.8. The van der Waals surface area contributed by atoms with Crippen molar-refractivity contribution in [3.63, 3.8) is 0 Å². The number of nitrogens with one attached hydrogen (secondary N) is 2. The Labute approximate surface area is 198 Å². The van der Waals surface area contributed by atoms with Gasteiger partial charge in [0, 0.05) is 25.3 Å². The number of carbonyl (C=O) groups is 1. The minimum atomic E-state index is -0.349. The Morgan fingerprint density at radius 3 is 2.65 bits per heavy atom. The number of hydrogen-bond acceptors (Lipinski definition) is 6. The van der Waals surface area contributed by atoms with E-state index >= 15 is 0 Å². The molecule has 3 aromatic rings. The fraction of sp³-hybridized carbons (Fsp3) is 0.346. The summed E-state index contributed by atoms with van der Waals surface area (Å²) in [4.78, 5) is 24.0. The second-order valence-electron chi connectivity index (χ2n) is 8.78. The van der Waals surface area contributed by atoms with Gasteiger partial charge in [0.25, 0.3) is 0 Å². The second kappa shape index (κ2) is 9.21. The molecular formula is C26H29N5O3. The zero-order valence-electron chi connectivity index (χ0n) is 19.3. The van der Waals surface area contributed by atoms with Crippen LogP contribution in [0.2, 0.25) is 0 Å². The third kappa shape index (κ3) is 4.23. The van der Waals surface area contributed by atoms with Crippen LogP contribution >= 0.6 is 0 Å². The molecule has 8 heteroatoms. The smallest absolute Gasteiger partial charge is 0.338 e. The SMILES string of the molecule is CCOC(=O)c1ccc(CN2CC(O)=C(c3nc4ccc(N5CCCCC5)cc4[nH]3)C2=N)cc1. The molecule has 1 fully saturated rings. The molecule has 0 saturated carbocycles. The summed E-state index contributed by atoms with van der Waals surface area (Å²) in [5, 5.41) is 19.4. The molecule has 0 atom stereocenters. The number of amidine groups is 1. The number of benzene rings is 2. The summed E-state index contributed by atoms with van der Waals surface area (Å²) in [5.41, 5.74) is 4.75. The van der Waals surface area contributed by atoms with E-state index in [9.17, 15) is 9.90 Å². The molecule has 0 bridgehead atoms. The van der Waals surface area contributed by atoms with Crippen LogP contribution in [0, 0.1) is 5.41 Å². The maximum atomic E-state index is 11.9. The van der Waals surface area contributed by atoms with E-state index in [0.717, 1.165) is 29.7 Å². The van der Waals surface area contributed by atoms with Gasteiger partial charge in [-0.25, -0.2) is 9.78 Å². The number of imidazole rings is 1. The molecule has 0 amide bonds. The van der Waals surface area contributed by atoms with Crippen molar-refractivity contribution in [3.05, 3.63) is 65.2 Å². The lowest BCUT2D eigenvalue weighted by Gasteiger charge is -2.28. The van der Waals surface area contributed by atoms with Crippen LogP contribution in [0.5, 0.6) is 0 Å². The Hall–Kier alpha value is -3.81. The predicted molar refractivity (Wildman–Crippen MR) is 132 cm³/mol. The number of hydrogen-bond donors (Lipinski definition) is 3. The van der Waals surface area contributed by atoms with Crippen LogP contribution in [0.1, 0.15) is 47.9 Å². The van der Waals surface area contributed by atoms with E-state index in [1.807, 2.05) is 18.2 Å². The van der Waals surface area contributed by atoms with Crippen molar-refractivity contribution in [1.29, 1.82) is 5.41 Å². The van der Waals surface area contributed by atoms with E-state index in [-0.39, 0.29) is 24.1 Å². The molecule has 5 rings (SSSR count). The van der Waals surface area contributed by atoms with Crippen molar-refractivity contribution >= 4 is 34.1 Å². The largest absolute Gasteiger partial charge is 0.510 e. The zero-order valence-corrected chi connectivity index (χ0v) is 19.3. The van der Waals surface area contributed by atoms with Crippen molar-refractivity contribution in [1.82, 2.24) is 14.9 Å². The quantitative estimate of drug-likeness (QED) is 0.469. The van der Waals surface area contributed by atoms with E-state index in [0.29, 0.717) is 30.1 Å². The normalized spacial score (nSPS) is 16.6. The molecule has 0 radical (unpaired) electrons. The van der Waals surface area contributed by atoms with Crippen molar-refractivity contribution < 1.29 is 14.6 Å². The highest BCUT2D eigenvalue weighted by Crippen LogP contribution is 2.30. The molecule has 2 aliphatic rings. The van der Waals surface area contributed by atoms with Gasteiger partial charge in [-0.05, 0) is 62.1 Å². The molecule has 3 heterocycles. The van der Waals surface area contributed by atoms with Gasteiger partial charge in [-0.2, -0.15) is 0 Å². The summed E-state index contributed by atoms with van der Waals surface area (Å²) in [6.07, 6.45) is 3.71. The third-order valence-corrected chi connectivity index (χ3v) is 6.44. The van der Waals surface area contributed by atoms with E-state index < -0.39 is 0 Å². The second-order valence-corrected chi connectivity index (χ2v) is 8.78. The fourth-order valence-corrected chi connectivity index (χ4v) is 4.66. The number of ether oxygens (including phenoxy) is 1. The Morgan fingerprint density at radius 2 is 1.91 bits per heavy atom. The molecule has 2 aromatic carbocycles. The van der Waals surface area contributed by atoms with Gasteiger partial charge in [0.1, 0.15) is 17.4 Å². The number of carbonyl (C=O) groups excluding carboxylic acids is 1. The van der Waals surface area contributed by atoms with Crippen molar-refractivity contribution in [2.75, 3.05) is 31.1 Å². The number of fused-ring (bicyclic) bond motifs is 1. The number of aliphatic hydroxyl groups is 1. The highest BCUT2D eigenvalue weighted by molar-refractivity contribution is 6.23. The van der Waals surface area contributed by atoms with Gasteiger partial charge in [-0.1, -0.05) is 12.1 Å². The predicted octanol–water partition coefficient (Wildman–Crippen LogP) is 4.49. The van der Waals surface area contributed by atoms with Gasteiger partial charge in [-0.15, -0.1) is 0 Å². The lowest BCUT2D eigenvalue weighted by molar-refractivity contribution is 0.0526. The molecule has 0 unspecified atom stereocenters. The minimum absolute atomic E-state index is 0.128. The number of H-pyrrole nitrogens is 1. The number of aromatic nitrogens is 2. The monoisotopic (exact) mass is 459 g/mol. The number of anilines is 1. The molecule has 176 valence electrons. The summed E-state index contributed by atoms with van der Waals surface area (Å²) in [7, 11) is 0. The molecule has 0 aliphatic carbocycles. The van der Waals surface area contributed by atoms with Crippen LogP contribution in [0.15, 0.2) is 48.2 Å². The number of aliphatic hydroxyl groups excluding tert-OH is 1. The number of nitrogens with zero attached hydrogens (tertiary/aromatic N) is 3. The summed E-state index contributed by atoms with van der Waals surface area (Å²) < 4.78 is 5.03.